The zero-order valence-corrected chi connectivity index (χ0v) is 19.5. The Morgan fingerprint density at radius 2 is 1.78 bits per heavy atom. The highest BCUT2D eigenvalue weighted by Gasteiger charge is 2.33. The quantitative estimate of drug-likeness (QED) is 0.222. The maximum atomic E-state index is 12.6. The van der Waals surface area contributed by atoms with Gasteiger partial charge in [0, 0.05) is 23.3 Å². The van der Waals surface area contributed by atoms with Gasteiger partial charge in [0.1, 0.15) is 18.3 Å². The average molecular weight is 444 g/mol. The second-order valence-electron chi connectivity index (χ2n) is 8.26. The summed E-state index contributed by atoms with van der Waals surface area (Å²) in [6.45, 7) is 9.78. The van der Waals surface area contributed by atoms with Gasteiger partial charge in [-0.1, -0.05) is 13.8 Å². The summed E-state index contributed by atoms with van der Waals surface area (Å²) >= 11 is 0. The molecule has 0 spiro atoms. The molecule has 8 heteroatoms. The fourth-order valence-electron chi connectivity index (χ4n) is 4.27. The molecule has 2 aromatic carbocycles. The number of methoxy groups -OCH3 is 1. The maximum Gasteiger partial charge on any atom is 0.269 e. The van der Waals surface area contributed by atoms with E-state index in [2.05, 4.69) is 32.2 Å². The summed E-state index contributed by atoms with van der Waals surface area (Å²) in [4.78, 5) is 23.0. The van der Waals surface area contributed by atoms with Crippen molar-refractivity contribution in [2.75, 3.05) is 32.5 Å². The molecule has 1 atom stereocenters. The minimum atomic E-state index is -0.475. The number of nitro groups is 1. The number of nitrogens with one attached hydrogen (secondary N) is 1. The van der Waals surface area contributed by atoms with E-state index in [0.29, 0.717) is 23.5 Å². The number of carbonyl (C=O) groups excluding carboxylic acids is 1. The van der Waals surface area contributed by atoms with Crippen LogP contribution in [0, 0.1) is 10.1 Å². The van der Waals surface area contributed by atoms with E-state index in [4.69, 9.17) is 10.5 Å². The number of quaternary nitrogens is 1. The number of amides is 1. The molecule has 0 saturated carbocycles. The molecule has 2 aromatic rings. The molecule has 32 heavy (non-hydrogen) atoms. The Morgan fingerprint density at radius 3 is 2.28 bits per heavy atom. The molecule has 0 aliphatic carbocycles. The lowest BCUT2D eigenvalue weighted by molar-refractivity contribution is -0.960. The first-order valence-corrected chi connectivity index (χ1v) is 11.1. The molecule has 8 nitrogen and oxygen atoms in total. The number of hydrogen-bond acceptors (Lipinski definition) is 5. The molecule has 0 aliphatic heterocycles. The number of hydrogen-bond donors (Lipinski definition) is 2. The van der Waals surface area contributed by atoms with Gasteiger partial charge in [-0.25, -0.2) is 0 Å². The van der Waals surface area contributed by atoms with Crippen LogP contribution in [0.2, 0.25) is 0 Å². The van der Waals surface area contributed by atoms with Crippen LogP contribution in [0.25, 0.3) is 0 Å². The summed E-state index contributed by atoms with van der Waals surface area (Å²) in [7, 11) is 1.61. The van der Waals surface area contributed by atoms with Crippen molar-refractivity contribution in [2.24, 2.45) is 0 Å². The SMILES string of the molecule is CCC[N+](CCC)(Cc1ccc(OC)c(N)c1)C(C)CNC(=O)c1ccc([N+](=O)[O-])cc1. The zero-order valence-electron chi connectivity index (χ0n) is 19.5. The predicted octanol–water partition coefficient (Wildman–Crippen LogP) is 4.14. The Hall–Kier alpha value is -3.13. The van der Waals surface area contributed by atoms with Crippen molar-refractivity contribution in [2.45, 2.75) is 46.2 Å². The van der Waals surface area contributed by atoms with E-state index >= 15 is 0 Å². The Morgan fingerprint density at radius 1 is 1.16 bits per heavy atom. The van der Waals surface area contributed by atoms with Gasteiger partial charge in [0.2, 0.25) is 0 Å². The Kier molecular flexibility index (Phi) is 9.02. The number of nitrogen functional groups attached to an aromatic ring is 1. The highest BCUT2D eigenvalue weighted by molar-refractivity contribution is 5.94. The fourth-order valence-corrected chi connectivity index (χ4v) is 4.27. The van der Waals surface area contributed by atoms with E-state index in [1.165, 1.54) is 24.3 Å². The minimum Gasteiger partial charge on any atom is -0.495 e. The van der Waals surface area contributed by atoms with Gasteiger partial charge < -0.3 is 20.3 Å². The molecule has 0 radical (unpaired) electrons. The van der Waals surface area contributed by atoms with E-state index in [1.54, 1.807) is 7.11 Å². The third-order valence-corrected chi connectivity index (χ3v) is 5.96. The van der Waals surface area contributed by atoms with E-state index in [9.17, 15) is 14.9 Å². The van der Waals surface area contributed by atoms with Gasteiger partial charge in [0.05, 0.1) is 37.4 Å². The molecular formula is C24H35N4O4+. The molecule has 0 heterocycles. The normalized spacial score (nSPS) is 12.2. The van der Waals surface area contributed by atoms with E-state index < -0.39 is 4.92 Å². The first-order chi connectivity index (χ1) is 15.3. The number of non-ortho nitro benzene ring substituents is 1. The molecule has 0 saturated heterocycles. The predicted molar refractivity (Wildman–Crippen MR) is 127 cm³/mol. The number of ether oxygens (including phenoxy) is 1. The molecule has 1 unspecified atom stereocenters. The summed E-state index contributed by atoms with van der Waals surface area (Å²) in [5.74, 6) is 0.438. The number of nitro benzene ring substituents is 1. The van der Waals surface area contributed by atoms with Crippen molar-refractivity contribution in [1.82, 2.24) is 5.32 Å². The highest BCUT2D eigenvalue weighted by Crippen LogP contribution is 2.27. The fraction of sp³-hybridized carbons (Fsp3) is 0.458. The van der Waals surface area contributed by atoms with Crippen molar-refractivity contribution in [3.63, 3.8) is 0 Å². The summed E-state index contributed by atoms with van der Waals surface area (Å²) in [5, 5.41) is 13.8. The highest BCUT2D eigenvalue weighted by atomic mass is 16.6. The molecule has 1 amide bonds. The van der Waals surface area contributed by atoms with Gasteiger partial charge in [-0.15, -0.1) is 0 Å². The van der Waals surface area contributed by atoms with Gasteiger partial charge in [0.25, 0.3) is 11.6 Å². The smallest absolute Gasteiger partial charge is 0.269 e. The third kappa shape index (κ3) is 6.20. The van der Waals surface area contributed by atoms with Crippen molar-refractivity contribution in [3.8, 4) is 5.75 Å². The molecule has 2 rings (SSSR count). The molecular weight excluding hydrogens is 408 g/mol. The standard InChI is InChI=1S/C24H34N4O4/c1-5-13-28(14-6-2,17-19-7-12-23(32-4)22(25)15-19)18(3)16-26-24(29)20-8-10-21(11-9-20)27(30)31/h7-12,15,18H,5-6,13-14,16-17,25H2,1-4H3/p+1. The van der Waals surface area contributed by atoms with E-state index in [-0.39, 0.29) is 17.6 Å². The van der Waals surface area contributed by atoms with Crippen LogP contribution in [-0.2, 0) is 6.54 Å². The van der Waals surface area contributed by atoms with Crippen LogP contribution >= 0.6 is 0 Å². The summed E-state index contributed by atoms with van der Waals surface area (Å²) in [6.07, 6.45) is 2.04. The molecule has 0 bridgehead atoms. The van der Waals surface area contributed by atoms with Crippen molar-refractivity contribution < 1.29 is 18.9 Å². The maximum absolute atomic E-state index is 12.6. The molecule has 174 valence electrons. The second kappa shape index (κ2) is 11.5. The first-order valence-electron chi connectivity index (χ1n) is 11.1. The van der Waals surface area contributed by atoms with E-state index in [1.807, 2.05) is 12.1 Å². The van der Waals surface area contributed by atoms with Crippen molar-refractivity contribution in [1.29, 1.82) is 0 Å². The third-order valence-electron chi connectivity index (χ3n) is 5.96. The molecule has 0 aliphatic rings. The Labute approximate surface area is 190 Å². The monoisotopic (exact) mass is 443 g/mol. The largest absolute Gasteiger partial charge is 0.495 e. The summed E-state index contributed by atoms with van der Waals surface area (Å²) < 4.78 is 6.12. The summed E-state index contributed by atoms with van der Waals surface area (Å²) in [5.41, 5.74) is 8.27. The minimum absolute atomic E-state index is 0.0322. The lowest BCUT2D eigenvalue weighted by atomic mass is 10.1. The van der Waals surface area contributed by atoms with Gasteiger partial charge in [-0.2, -0.15) is 0 Å². The molecule has 3 N–H and O–H groups in total. The van der Waals surface area contributed by atoms with Crippen LogP contribution in [0.1, 0.15) is 49.5 Å². The van der Waals surface area contributed by atoms with Crippen LogP contribution in [0.4, 0.5) is 11.4 Å². The Balaban J connectivity index is 2.17. The summed E-state index contributed by atoms with van der Waals surface area (Å²) in [6, 6.07) is 11.8. The van der Waals surface area contributed by atoms with Gasteiger partial charge >= 0.3 is 0 Å². The van der Waals surface area contributed by atoms with Gasteiger partial charge in [-0.3, -0.25) is 14.9 Å². The van der Waals surface area contributed by atoms with Crippen LogP contribution in [0.5, 0.6) is 5.75 Å². The zero-order chi connectivity index (χ0) is 23.7. The number of nitrogens with two attached hydrogens (primary N) is 1. The lowest BCUT2D eigenvalue weighted by Gasteiger charge is -2.44. The van der Waals surface area contributed by atoms with Crippen molar-refractivity contribution in [3.05, 3.63) is 63.7 Å². The number of nitrogens with zero attached hydrogens (tertiary/aromatic N) is 2. The molecule has 0 fully saturated rings. The lowest BCUT2D eigenvalue weighted by Crippen LogP contribution is -2.58. The van der Waals surface area contributed by atoms with Gasteiger partial charge in [0.15, 0.2) is 0 Å². The number of benzene rings is 2. The number of carbonyl (C=O) groups is 1. The van der Waals surface area contributed by atoms with Crippen LogP contribution in [0.3, 0.4) is 0 Å². The number of rotatable bonds is 12. The van der Waals surface area contributed by atoms with Crippen LogP contribution in [-0.4, -0.2) is 48.1 Å². The van der Waals surface area contributed by atoms with Crippen LogP contribution in [0.15, 0.2) is 42.5 Å². The Bertz CT molecular complexity index is 909. The molecule has 0 aromatic heterocycles. The van der Waals surface area contributed by atoms with E-state index in [0.717, 1.165) is 42.5 Å². The van der Waals surface area contributed by atoms with Crippen LogP contribution < -0.4 is 15.8 Å². The van der Waals surface area contributed by atoms with Crippen molar-refractivity contribution >= 4 is 17.3 Å². The second-order valence-corrected chi connectivity index (χ2v) is 8.26. The van der Waals surface area contributed by atoms with Gasteiger partial charge in [-0.05, 0) is 50.1 Å². The first kappa shape index (κ1) is 25.1. The average Bonchev–Trinajstić information content (AvgIpc) is 2.77. The number of anilines is 1. The topological polar surface area (TPSA) is 107 Å².